The molecule has 0 aliphatic carbocycles. The Balaban J connectivity index is 3.38. The van der Waals surface area contributed by atoms with Crippen LogP contribution in [-0.4, -0.2) is 47.4 Å². The zero-order valence-electron chi connectivity index (χ0n) is 65.8. The molecule has 0 aromatic carbocycles. The van der Waals surface area contributed by atoms with Crippen molar-refractivity contribution in [1.82, 2.24) is 5.32 Å². The molecule has 0 aliphatic rings. The van der Waals surface area contributed by atoms with Crippen molar-refractivity contribution in [2.45, 2.75) is 508 Å². The number of aliphatic hydroxyl groups is 2. The van der Waals surface area contributed by atoms with Crippen LogP contribution >= 0.6 is 0 Å². The summed E-state index contributed by atoms with van der Waals surface area (Å²) < 4.78 is 5.52. The Kier molecular flexibility index (Phi) is 84.3. The number of carbonyl (C=O) groups excluding carboxylic acids is 2. The molecule has 572 valence electrons. The SMILES string of the molecule is CCCCCCCC/C=C\CCCCCCCCCCCC(=O)OCCCCCCCCCCCCCCC/C=C\C/C=C\CCCCCCCCCCCCCCCCCCCC(=O)NC(CO)C(O)/C=C/CCCCCCCCCCCCCCCCCCCCCCCC. The van der Waals surface area contributed by atoms with Crippen LogP contribution in [0.25, 0.3) is 0 Å². The van der Waals surface area contributed by atoms with Crippen LogP contribution in [0, 0.1) is 0 Å². The van der Waals surface area contributed by atoms with E-state index < -0.39 is 12.1 Å². The van der Waals surface area contributed by atoms with Gasteiger partial charge in [0.2, 0.25) is 5.91 Å². The molecule has 0 aromatic heterocycles. The maximum absolute atomic E-state index is 12.6. The van der Waals surface area contributed by atoms with Gasteiger partial charge < -0.3 is 20.3 Å². The summed E-state index contributed by atoms with van der Waals surface area (Å²) in [5.41, 5.74) is 0. The number of allylic oxidation sites excluding steroid dienone is 7. The van der Waals surface area contributed by atoms with Crippen LogP contribution in [0.15, 0.2) is 48.6 Å². The second kappa shape index (κ2) is 86.2. The molecule has 0 aromatic rings. The second-order valence-corrected chi connectivity index (χ2v) is 30.6. The number of aliphatic hydroxyl groups excluding tert-OH is 2. The van der Waals surface area contributed by atoms with Gasteiger partial charge in [-0.15, -0.1) is 0 Å². The molecule has 0 fully saturated rings. The number of carbonyl (C=O) groups is 2. The van der Waals surface area contributed by atoms with E-state index in [1.165, 1.54) is 424 Å². The zero-order valence-corrected chi connectivity index (χ0v) is 65.8. The second-order valence-electron chi connectivity index (χ2n) is 30.6. The van der Waals surface area contributed by atoms with Gasteiger partial charge in [0, 0.05) is 12.8 Å². The maximum Gasteiger partial charge on any atom is 0.305 e. The molecule has 3 N–H and O–H groups in total. The molecule has 0 aliphatic heterocycles. The Bertz CT molecular complexity index is 1620. The highest BCUT2D eigenvalue weighted by Gasteiger charge is 2.18. The fraction of sp³-hybridized carbons (Fsp3) is 0.890. The van der Waals surface area contributed by atoms with Crippen LogP contribution in [0.5, 0.6) is 0 Å². The van der Waals surface area contributed by atoms with Gasteiger partial charge in [0.25, 0.3) is 0 Å². The summed E-state index contributed by atoms with van der Waals surface area (Å²) in [4.78, 5) is 24.7. The molecule has 0 saturated carbocycles. The number of hydrogen-bond donors (Lipinski definition) is 3. The summed E-state index contributed by atoms with van der Waals surface area (Å²) in [7, 11) is 0. The number of rotatable bonds is 84. The van der Waals surface area contributed by atoms with Crippen molar-refractivity contribution in [2.24, 2.45) is 0 Å². The van der Waals surface area contributed by atoms with E-state index in [2.05, 4.69) is 55.6 Å². The van der Waals surface area contributed by atoms with Gasteiger partial charge in [-0.25, -0.2) is 0 Å². The molecule has 6 nitrogen and oxygen atoms in total. The largest absolute Gasteiger partial charge is 0.466 e. The molecule has 0 saturated heterocycles. The standard InChI is InChI=1S/C91H173NO5/c1-3-5-7-9-11-13-15-17-19-21-23-24-25-41-44-48-51-55-59-63-67-71-75-79-83-89(94)88(87-93)92-90(95)84-80-76-72-68-64-60-56-52-49-45-42-39-37-35-33-31-29-27-26-28-30-32-34-36-38-40-43-46-50-54-58-62-66-70-74-78-82-86-97-91(96)85-81-77-73-69-65-61-57-53-47-22-20-18-16-14-12-10-8-6-4-2/h18,20,26,28,32,34,79,83,88-89,93-94H,3-17,19,21-25,27,29-31,33,35-78,80-82,84-87H2,1-2H3,(H,92,95)/b20-18-,28-26-,34-32-,83-79+. The topological polar surface area (TPSA) is 95.9 Å². The van der Waals surface area contributed by atoms with E-state index in [4.69, 9.17) is 4.74 Å². The first-order valence-electron chi connectivity index (χ1n) is 44.4. The van der Waals surface area contributed by atoms with Crippen LogP contribution in [0.2, 0.25) is 0 Å². The van der Waals surface area contributed by atoms with Gasteiger partial charge in [-0.05, 0) is 89.9 Å². The lowest BCUT2D eigenvalue weighted by atomic mass is 10.0. The van der Waals surface area contributed by atoms with Gasteiger partial charge in [0.1, 0.15) is 0 Å². The molecule has 6 heteroatoms. The van der Waals surface area contributed by atoms with Gasteiger partial charge in [-0.1, -0.05) is 441 Å². The summed E-state index contributed by atoms with van der Waals surface area (Å²) >= 11 is 0. The van der Waals surface area contributed by atoms with Gasteiger partial charge in [-0.3, -0.25) is 9.59 Å². The van der Waals surface area contributed by atoms with Crippen molar-refractivity contribution in [2.75, 3.05) is 13.2 Å². The first-order chi connectivity index (χ1) is 48.0. The lowest BCUT2D eigenvalue weighted by Gasteiger charge is -2.20. The van der Waals surface area contributed by atoms with E-state index in [-0.39, 0.29) is 18.5 Å². The Morgan fingerprint density at radius 1 is 0.289 bits per heavy atom. The summed E-state index contributed by atoms with van der Waals surface area (Å²) in [5, 5.41) is 23.3. The first-order valence-corrected chi connectivity index (χ1v) is 44.4. The third kappa shape index (κ3) is 82.7. The van der Waals surface area contributed by atoms with Crippen LogP contribution in [0.1, 0.15) is 495 Å². The molecule has 0 bridgehead atoms. The van der Waals surface area contributed by atoms with Crippen molar-refractivity contribution >= 4 is 11.9 Å². The minimum Gasteiger partial charge on any atom is -0.466 e. The Labute approximate surface area is 607 Å². The number of amides is 1. The number of nitrogens with one attached hydrogen (secondary N) is 1. The Hall–Kier alpha value is -2.18. The average Bonchev–Trinajstić information content (AvgIpc) is 3.77. The Morgan fingerprint density at radius 2 is 0.515 bits per heavy atom. The van der Waals surface area contributed by atoms with E-state index >= 15 is 0 Å². The van der Waals surface area contributed by atoms with Crippen LogP contribution < -0.4 is 5.32 Å². The van der Waals surface area contributed by atoms with Crippen LogP contribution in [0.3, 0.4) is 0 Å². The molecule has 0 heterocycles. The summed E-state index contributed by atoms with van der Waals surface area (Å²) in [6.07, 6.45) is 116. The summed E-state index contributed by atoms with van der Waals surface area (Å²) in [5.74, 6) is -0.0410. The van der Waals surface area contributed by atoms with Gasteiger partial charge in [-0.2, -0.15) is 0 Å². The van der Waals surface area contributed by atoms with Crippen molar-refractivity contribution in [3.63, 3.8) is 0 Å². The zero-order chi connectivity index (χ0) is 69.8. The fourth-order valence-corrected chi connectivity index (χ4v) is 14.1. The van der Waals surface area contributed by atoms with E-state index in [1.54, 1.807) is 6.08 Å². The fourth-order valence-electron chi connectivity index (χ4n) is 14.1. The van der Waals surface area contributed by atoms with E-state index in [0.717, 1.165) is 44.9 Å². The molecule has 1 amide bonds. The molecule has 0 rings (SSSR count). The number of esters is 1. The summed E-state index contributed by atoms with van der Waals surface area (Å²) in [6.45, 7) is 4.96. The van der Waals surface area contributed by atoms with Crippen molar-refractivity contribution in [1.29, 1.82) is 0 Å². The van der Waals surface area contributed by atoms with Crippen LogP contribution in [0.4, 0.5) is 0 Å². The number of ether oxygens (including phenoxy) is 1. The Morgan fingerprint density at radius 3 is 0.794 bits per heavy atom. The van der Waals surface area contributed by atoms with E-state index in [0.29, 0.717) is 19.4 Å². The third-order valence-corrected chi connectivity index (χ3v) is 20.8. The predicted molar refractivity (Wildman–Crippen MR) is 430 cm³/mol. The highest BCUT2D eigenvalue weighted by Crippen LogP contribution is 2.20. The molecular formula is C91H173NO5. The molecular weight excluding hydrogens is 1190 g/mol. The predicted octanol–water partition coefficient (Wildman–Crippen LogP) is 29.9. The minimum absolute atomic E-state index is 0.0190. The van der Waals surface area contributed by atoms with Crippen molar-refractivity contribution in [3.8, 4) is 0 Å². The molecule has 2 unspecified atom stereocenters. The number of unbranched alkanes of at least 4 members (excludes halogenated alkanes) is 67. The third-order valence-electron chi connectivity index (χ3n) is 20.8. The van der Waals surface area contributed by atoms with Crippen LogP contribution in [-0.2, 0) is 14.3 Å². The lowest BCUT2D eigenvalue weighted by molar-refractivity contribution is -0.143. The van der Waals surface area contributed by atoms with Gasteiger partial charge in [0.05, 0.1) is 25.4 Å². The van der Waals surface area contributed by atoms with Gasteiger partial charge in [0.15, 0.2) is 0 Å². The van der Waals surface area contributed by atoms with Crippen molar-refractivity contribution in [3.05, 3.63) is 48.6 Å². The van der Waals surface area contributed by atoms with Crippen molar-refractivity contribution < 1.29 is 24.5 Å². The van der Waals surface area contributed by atoms with Gasteiger partial charge >= 0.3 is 5.97 Å². The highest BCUT2D eigenvalue weighted by atomic mass is 16.5. The lowest BCUT2D eigenvalue weighted by Crippen LogP contribution is -2.45. The molecule has 97 heavy (non-hydrogen) atoms. The molecule has 0 spiro atoms. The van der Waals surface area contributed by atoms with E-state index in [1.807, 2.05) is 6.08 Å². The highest BCUT2D eigenvalue weighted by molar-refractivity contribution is 5.76. The monoisotopic (exact) mass is 1360 g/mol. The van der Waals surface area contributed by atoms with E-state index in [9.17, 15) is 19.8 Å². The first kappa shape index (κ1) is 94.8. The normalized spacial score (nSPS) is 12.7. The smallest absolute Gasteiger partial charge is 0.305 e. The molecule has 2 atom stereocenters. The summed E-state index contributed by atoms with van der Waals surface area (Å²) in [6, 6.07) is -0.628. The number of hydrogen-bond acceptors (Lipinski definition) is 5. The quantitative estimate of drug-likeness (QED) is 0.0320. The maximum atomic E-state index is 12.6. The molecule has 0 radical (unpaired) electrons. The minimum atomic E-state index is -0.845. The average molecular weight is 1360 g/mol.